The maximum atomic E-state index is 12.8. The standard InChI is InChI=1S/C20H12ClN3O6/c1-2-9-30-17-8-3-12(11-16(17)21)10-15-18(25)22-20(27)23(19(15)26)13-4-6-14(7-5-13)24(28)29/h1,3-8,10-11H,9H2,(H,22,25,27)/b15-10+. The van der Waals surface area contributed by atoms with Crippen molar-refractivity contribution >= 4 is 46.9 Å². The number of hydrogen-bond acceptors (Lipinski definition) is 6. The molecule has 150 valence electrons. The average molecular weight is 426 g/mol. The molecule has 0 atom stereocenters. The number of nitrogens with zero attached hydrogens (tertiary/aromatic N) is 2. The summed E-state index contributed by atoms with van der Waals surface area (Å²) in [6, 6.07) is 8.33. The molecule has 1 aliphatic heterocycles. The highest BCUT2D eigenvalue weighted by Gasteiger charge is 2.37. The van der Waals surface area contributed by atoms with Crippen molar-refractivity contribution in [2.45, 2.75) is 0 Å². The first kappa shape index (κ1) is 20.6. The van der Waals surface area contributed by atoms with Gasteiger partial charge >= 0.3 is 6.03 Å². The molecule has 2 aromatic carbocycles. The zero-order chi connectivity index (χ0) is 21.8. The molecule has 1 N–H and O–H groups in total. The zero-order valence-electron chi connectivity index (χ0n) is 15.1. The monoisotopic (exact) mass is 425 g/mol. The Hall–Kier alpha value is -4.16. The Labute approximate surface area is 175 Å². The third kappa shape index (κ3) is 4.14. The number of ether oxygens (including phenoxy) is 1. The molecule has 1 heterocycles. The van der Waals surface area contributed by atoms with Crippen molar-refractivity contribution in [3.05, 3.63) is 68.7 Å². The van der Waals surface area contributed by atoms with Crippen molar-refractivity contribution < 1.29 is 24.0 Å². The van der Waals surface area contributed by atoms with Gasteiger partial charge in [0.25, 0.3) is 17.5 Å². The van der Waals surface area contributed by atoms with Crippen LogP contribution in [0.3, 0.4) is 0 Å². The van der Waals surface area contributed by atoms with Gasteiger partial charge in [0.15, 0.2) is 0 Å². The van der Waals surface area contributed by atoms with Crippen LogP contribution < -0.4 is 15.0 Å². The smallest absolute Gasteiger partial charge is 0.335 e. The highest BCUT2D eigenvalue weighted by molar-refractivity contribution is 6.39. The number of urea groups is 1. The molecule has 2 aromatic rings. The Morgan fingerprint density at radius 1 is 1.20 bits per heavy atom. The summed E-state index contributed by atoms with van der Waals surface area (Å²) >= 11 is 6.12. The molecular weight excluding hydrogens is 414 g/mol. The van der Waals surface area contributed by atoms with Gasteiger partial charge in [-0.2, -0.15) is 0 Å². The number of terminal acetylenes is 1. The number of carbonyl (C=O) groups is 3. The minimum absolute atomic E-state index is 0.0212. The molecule has 0 aromatic heterocycles. The summed E-state index contributed by atoms with van der Waals surface area (Å²) in [6.45, 7) is 0.0212. The summed E-state index contributed by atoms with van der Waals surface area (Å²) in [7, 11) is 0. The lowest BCUT2D eigenvalue weighted by molar-refractivity contribution is -0.384. The fourth-order valence-electron chi connectivity index (χ4n) is 2.63. The van der Waals surface area contributed by atoms with E-state index in [4.69, 9.17) is 22.8 Å². The molecular formula is C20H12ClN3O6. The van der Waals surface area contributed by atoms with E-state index < -0.39 is 22.8 Å². The number of rotatable bonds is 5. The lowest BCUT2D eigenvalue weighted by Crippen LogP contribution is -2.54. The molecule has 0 radical (unpaired) electrons. The fraction of sp³-hybridized carbons (Fsp3) is 0.0500. The van der Waals surface area contributed by atoms with Crippen LogP contribution in [0.15, 0.2) is 48.0 Å². The van der Waals surface area contributed by atoms with E-state index in [1.807, 2.05) is 0 Å². The van der Waals surface area contributed by atoms with E-state index in [0.29, 0.717) is 16.2 Å². The van der Waals surface area contributed by atoms with Gasteiger partial charge in [-0.15, -0.1) is 6.42 Å². The number of non-ortho nitro benzene ring substituents is 1. The fourth-order valence-corrected chi connectivity index (χ4v) is 2.87. The number of anilines is 1. The second-order valence-electron chi connectivity index (χ2n) is 5.91. The van der Waals surface area contributed by atoms with Gasteiger partial charge < -0.3 is 4.74 Å². The van der Waals surface area contributed by atoms with Crippen molar-refractivity contribution in [3.63, 3.8) is 0 Å². The van der Waals surface area contributed by atoms with Crippen molar-refractivity contribution in [2.24, 2.45) is 0 Å². The molecule has 0 aliphatic carbocycles. The highest BCUT2D eigenvalue weighted by atomic mass is 35.5. The van der Waals surface area contributed by atoms with Crippen LogP contribution in [0.4, 0.5) is 16.2 Å². The van der Waals surface area contributed by atoms with Crippen molar-refractivity contribution in [3.8, 4) is 18.1 Å². The van der Waals surface area contributed by atoms with E-state index in [-0.39, 0.29) is 28.6 Å². The first-order valence-electron chi connectivity index (χ1n) is 8.33. The van der Waals surface area contributed by atoms with Crippen LogP contribution in [0.5, 0.6) is 5.75 Å². The molecule has 3 rings (SSSR count). The maximum Gasteiger partial charge on any atom is 0.335 e. The number of amides is 4. The molecule has 1 fully saturated rings. The molecule has 1 saturated heterocycles. The number of imide groups is 2. The lowest BCUT2D eigenvalue weighted by Gasteiger charge is -2.26. The van der Waals surface area contributed by atoms with Crippen LogP contribution in [0.25, 0.3) is 6.08 Å². The lowest BCUT2D eigenvalue weighted by atomic mass is 10.1. The largest absolute Gasteiger partial charge is 0.479 e. The Morgan fingerprint density at radius 3 is 2.50 bits per heavy atom. The molecule has 4 amide bonds. The Balaban J connectivity index is 1.93. The van der Waals surface area contributed by atoms with Crippen LogP contribution >= 0.6 is 11.6 Å². The van der Waals surface area contributed by atoms with E-state index in [0.717, 1.165) is 12.1 Å². The molecule has 1 aliphatic rings. The van der Waals surface area contributed by atoms with Gasteiger partial charge in [-0.25, -0.2) is 9.69 Å². The van der Waals surface area contributed by atoms with Crippen LogP contribution in [0.2, 0.25) is 5.02 Å². The van der Waals surface area contributed by atoms with Crippen molar-refractivity contribution in [1.29, 1.82) is 0 Å². The topological polar surface area (TPSA) is 119 Å². The predicted molar refractivity (Wildman–Crippen MR) is 108 cm³/mol. The molecule has 9 nitrogen and oxygen atoms in total. The number of benzene rings is 2. The first-order valence-corrected chi connectivity index (χ1v) is 8.71. The van der Waals surface area contributed by atoms with E-state index in [9.17, 15) is 24.5 Å². The summed E-state index contributed by atoms with van der Waals surface area (Å²) in [5, 5.41) is 13.1. The third-order valence-corrected chi connectivity index (χ3v) is 4.29. The summed E-state index contributed by atoms with van der Waals surface area (Å²) in [5.74, 6) is 0.867. The van der Waals surface area contributed by atoms with Crippen LogP contribution in [-0.4, -0.2) is 29.4 Å². The summed E-state index contributed by atoms with van der Waals surface area (Å²) in [5.41, 5.74) is -0.0549. The number of nitro groups is 1. The molecule has 10 heteroatoms. The molecule has 0 spiro atoms. The van der Waals surface area contributed by atoms with Gasteiger partial charge in [0.05, 0.1) is 15.6 Å². The molecule has 0 bridgehead atoms. The van der Waals surface area contributed by atoms with E-state index in [2.05, 4.69) is 11.2 Å². The normalized spacial score (nSPS) is 15.0. The minimum Gasteiger partial charge on any atom is -0.479 e. The van der Waals surface area contributed by atoms with Crippen molar-refractivity contribution in [2.75, 3.05) is 11.5 Å². The number of nitro benzene ring substituents is 1. The third-order valence-electron chi connectivity index (χ3n) is 4.00. The molecule has 30 heavy (non-hydrogen) atoms. The van der Waals surface area contributed by atoms with E-state index in [1.165, 1.54) is 30.3 Å². The number of barbiturate groups is 1. The van der Waals surface area contributed by atoms with Gasteiger partial charge in [0.1, 0.15) is 17.9 Å². The minimum atomic E-state index is -0.966. The number of nitrogens with one attached hydrogen (secondary N) is 1. The number of carbonyl (C=O) groups excluding carboxylic acids is 3. The van der Waals surface area contributed by atoms with Crippen molar-refractivity contribution in [1.82, 2.24) is 5.32 Å². The van der Waals surface area contributed by atoms with E-state index in [1.54, 1.807) is 6.07 Å². The first-order chi connectivity index (χ1) is 14.3. The van der Waals surface area contributed by atoms with Crippen LogP contribution in [0, 0.1) is 22.5 Å². The van der Waals surface area contributed by atoms with Crippen LogP contribution in [-0.2, 0) is 9.59 Å². The van der Waals surface area contributed by atoms with Crippen LogP contribution in [0.1, 0.15) is 5.56 Å². The Bertz CT molecular complexity index is 1130. The SMILES string of the molecule is C#CCOc1ccc(/C=C2\C(=O)NC(=O)N(c3ccc([N+](=O)[O-])cc3)C2=O)cc1Cl. The number of halogens is 1. The molecule has 0 saturated carbocycles. The Morgan fingerprint density at radius 2 is 1.90 bits per heavy atom. The van der Waals surface area contributed by atoms with Gasteiger partial charge in [0, 0.05) is 12.1 Å². The zero-order valence-corrected chi connectivity index (χ0v) is 15.9. The highest BCUT2D eigenvalue weighted by Crippen LogP contribution is 2.28. The van der Waals surface area contributed by atoms with Gasteiger partial charge in [0.2, 0.25) is 0 Å². The second kappa shape index (κ2) is 8.46. The summed E-state index contributed by atoms with van der Waals surface area (Å²) in [6.07, 6.45) is 6.39. The Kier molecular flexibility index (Phi) is 5.80. The predicted octanol–water partition coefficient (Wildman–Crippen LogP) is 2.93. The summed E-state index contributed by atoms with van der Waals surface area (Å²) < 4.78 is 5.25. The number of hydrogen-bond donors (Lipinski definition) is 1. The summed E-state index contributed by atoms with van der Waals surface area (Å²) in [4.78, 5) is 48.1. The quantitative estimate of drug-likeness (QED) is 0.258. The van der Waals surface area contributed by atoms with Gasteiger partial charge in [-0.3, -0.25) is 25.0 Å². The maximum absolute atomic E-state index is 12.8. The average Bonchev–Trinajstić information content (AvgIpc) is 2.70. The molecule has 0 unspecified atom stereocenters. The second-order valence-corrected chi connectivity index (χ2v) is 6.32. The van der Waals surface area contributed by atoms with Gasteiger partial charge in [-0.05, 0) is 35.9 Å². The van der Waals surface area contributed by atoms with E-state index >= 15 is 0 Å². The van der Waals surface area contributed by atoms with Gasteiger partial charge in [-0.1, -0.05) is 23.6 Å².